The van der Waals surface area contributed by atoms with Crippen LogP contribution in [0.15, 0.2) is 30.3 Å². The quantitative estimate of drug-likeness (QED) is 0.622. The summed E-state index contributed by atoms with van der Waals surface area (Å²) in [5.41, 5.74) is 4.25. The minimum absolute atomic E-state index is 0.609. The van der Waals surface area contributed by atoms with E-state index in [9.17, 15) is 0 Å². The molecule has 1 aromatic heterocycles. The molecule has 0 saturated carbocycles. The first-order valence-corrected chi connectivity index (χ1v) is 5.95. The Hall–Kier alpha value is -1.50. The number of hydrogen-bond acceptors (Lipinski definition) is 0. The third-order valence-electron chi connectivity index (χ3n) is 3.98. The van der Waals surface area contributed by atoms with E-state index in [0.29, 0.717) is 11.8 Å². The highest BCUT2D eigenvalue weighted by molar-refractivity contribution is 5.92. The van der Waals surface area contributed by atoms with Crippen molar-refractivity contribution in [3.05, 3.63) is 41.6 Å². The van der Waals surface area contributed by atoms with Gasteiger partial charge in [-0.3, -0.25) is 0 Å². The van der Waals surface area contributed by atoms with Crippen LogP contribution in [0.4, 0.5) is 0 Å². The summed E-state index contributed by atoms with van der Waals surface area (Å²) in [5, 5.41) is 1.38. The Morgan fingerprint density at radius 1 is 1.12 bits per heavy atom. The highest BCUT2D eigenvalue weighted by Crippen LogP contribution is 2.38. The molecule has 82 valence electrons. The van der Waals surface area contributed by atoms with E-state index < -0.39 is 0 Å². The minimum atomic E-state index is 0.609. The van der Waals surface area contributed by atoms with Gasteiger partial charge in [0.2, 0.25) is 0 Å². The zero-order valence-corrected chi connectivity index (χ0v) is 10.1. The first kappa shape index (κ1) is 9.71. The van der Waals surface area contributed by atoms with E-state index in [1.165, 1.54) is 22.2 Å². The van der Waals surface area contributed by atoms with Gasteiger partial charge in [-0.1, -0.05) is 44.2 Å². The molecule has 1 aromatic carbocycles. The molecule has 0 radical (unpaired) electrons. The van der Waals surface area contributed by atoms with Crippen LogP contribution in [0.2, 0.25) is 0 Å². The van der Waals surface area contributed by atoms with Crippen LogP contribution in [0.25, 0.3) is 17.0 Å². The van der Waals surface area contributed by atoms with Crippen molar-refractivity contribution in [3.8, 4) is 0 Å². The molecule has 0 spiro atoms. The minimum Gasteiger partial charge on any atom is -0.347 e. The second kappa shape index (κ2) is 3.24. The lowest BCUT2D eigenvalue weighted by Crippen LogP contribution is -2.12. The first-order chi connectivity index (χ1) is 7.70. The van der Waals surface area contributed by atoms with Crippen LogP contribution in [0.3, 0.4) is 0 Å². The molecule has 1 aliphatic carbocycles. The molecular formula is C15H17N. The zero-order chi connectivity index (χ0) is 11.3. The zero-order valence-electron chi connectivity index (χ0n) is 10.1. The molecule has 2 unspecified atom stereocenters. The van der Waals surface area contributed by atoms with E-state index in [2.05, 4.69) is 61.9 Å². The number of hydrogen-bond donors (Lipinski definition) is 0. The van der Waals surface area contributed by atoms with E-state index in [-0.39, 0.29) is 0 Å². The fourth-order valence-electron chi connectivity index (χ4n) is 2.83. The van der Waals surface area contributed by atoms with Crippen molar-refractivity contribution >= 4 is 17.0 Å². The summed E-state index contributed by atoms with van der Waals surface area (Å²) in [6.07, 6.45) is 4.63. The lowest BCUT2D eigenvalue weighted by Gasteiger charge is -2.23. The molecule has 1 nitrogen and oxygen atoms in total. The maximum Gasteiger partial charge on any atom is 0.0486 e. The topological polar surface area (TPSA) is 4.93 Å². The second-order valence-corrected chi connectivity index (χ2v) is 4.88. The Bertz CT molecular complexity index is 574. The van der Waals surface area contributed by atoms with Crippen LogP contribution in [0.5, 0.6) is 0 Å². The Morgan fingerprint density at radius 3 is 2.69 bits per heavy atom. The Balaban J connectivity index is 2.41. The molecule has 0 saturated heterocycles. The molecule has 0 fully saturated rings. The summed E-state index contributed by atoms with van der Waals surface area (Å²) in [6.45, 7) is 4.62. The third-order valence-corrected chi connectivity index (χ3v) is 3.98. The van der Waals surface area contributed by atoms with Gasteiger partial charge in [-0.15, -0.1) is 0 Å². The summed E-state index contributed by atoms with van der Waals surface area (Å²) in [7, 11) is 2.18. The van der Waals surface area contributed by atoms with Crippen molar-refractivity contribution in [1.82, 2.24) is 4.57 Å². The van der Waals surface area contributed by atoms with Crippen LogP contribution < -0.4 is 0 Å². The number of aryl methyl sites for hydroxylation is 1. The summed E-state index contributed by atoms with van der Waals surface area (Å²) in [5.74, 6) is 1.24. The monoisotopic (exact) mass is 211 g/mol. The summed E-state index contributed by atoms with van der Waals surface area (Å²) in [6, 6.07) is 8.67. The maximum absolute atomic E-state index is 2.36. The van der Waals surface area contributed by atoms with Crippen molar-refractivity contribution < 1.29 is 0 Å². The van der Waals surface area contributed by atoms with Gasteiger partial charge in [0.05, 0.1) is 0 Å². The third kappa shape index (κ3) is 1.12. The van der Waals surface area contributed by atoms with E-state index in [1.54, 1.807) is 0 Å². The van der Waals surface area contributed by atoms with Gasteiger partial charge in [-0.25, -0.2) is 0 Å². The van der Waals surface area contributed by atoms with Crippen LogP contribution >= 0.6 is 0 Å². The molecule has 2 aromatic rings. The molecular weight excluding hydrogens is 194 g/mol. The fraction of sp³-hybridized carbons (Fsp3) is 0.333. The Labute approximate surface area is 96.4 Å². The molecule has 0 bridgehead atoms. The van der Waals surface area contributed by atoms with Gasteiger partial charge in [0.1, 0.15) is 0 Å². The summed E-state index contributed by atoms with van der Waals surface area (Å²) < 4.78 is 2.36. The summed E-state index contributed by atoms with van der Waals surface area (Å²) in [4.78, 5) is 0. The van der Waals surface area contributed by atoms with Crippen LogP contribution in [-0.2, 0) is 7.05 Å². The largest absolute Gasteiger partial charge is 0.347 e. The number of benzene rings is 1. The molecule has 0 aliphatic heterocycles. The van der Waals surface area contributed by atoms with Crippen molar-refractivity contribution in [2.45, 2.75) is 19.8 Å². The van der Waals surface area contributed by atoms with Gasteiger partial charge in [0, 0.05) is 35.1 Å². The smallest absolute Gasteiger partial charge is 0.0486 e. The standard InChI is InChI=1S/C15H17N/c1-10-8-9-13-12-6-4-5-7-14(12)16(3)15(13)11(10)2/h4-11H,1-3H3. The van der Waals surface area contributed by atoms with Crippen molar-refractivity contribution in [1.29, 1.82) is 0 Å². The van der Waals surface area contributed by atoms with Crippen molar-refractivity contribution in [3.63, 3.8) is 0 Å². The Kier molecular flexibility index (Phi) is 1.97. The predicted molar refractivity (Wildman–Crippen MR) is 69.5 cm³/mol. The van der Waals surface area contributed by atoms with E-state index in [0.717, 1.165) is 0 Å². The fourth-order valence-corrected chi connectivity index (χ4v) is 2.83. The lowest BCUT2D eigenvalue weighted by atomic mass is 9.85. The van der Waals surface area contributed by atoms with E-state index in [4.69, 9.17) is 0 Å². The van der Waals surface area contributed by atoms with Gasteiger partial charge in [0.25, 0.3) is 0 Å². The van der Waals surface area contributed by atoms with Crippen LogP contribution in [0, 0.1) is 5.92 Å². The highest BCUT2D eigenvalue weighted by atomic mass is 15.0. The number of fused-ring (bicyclic) bond motifs is 3. The number of aromatic nitrogens is 1. The maximum atomic E-state index is 2.36. The molecule has 0 N–H and O–H groups in total. The van der Waals surface area contributed by atoms with Crippen LogP contribution in [-0.4, -0.2) is 4.57 Å². The Morgan fingerprint density at radius 2 is 1.88 bits per heavy atom. The molecule has 16 heavy (non-hydrogen) atoms. The average molecular weight is 211 g/mol. The van der Waals surface area contributed by atoms with Crippen molar-refractivity contribution in [2.75, 3.05) is 0 Å². The molecule has 2 atom stereocenters. The van der Waals surface area contributed by atoms with Gasteiger partial charge in [-0.2, -0.15) is 0 Å². The van der Waals surface area contributed by atoms with E-state index >= 15 is 0 Å². The number of allylic oxidation sites excluding steroid dienone is 1. The second-order valence-electron chi connectivity index (χ2n) is 4.88. The predicted octanol–water partition coefficient (Wildman–Crippen LogP) is 3.94. The molecule has 0 amide bonds. The number of rotatable bonds is 0. The van der Waals surface area contributed by atoms with E-state index in [1.807, 2.05) is 0 Å². The first-order valence-electron chi connectivity index (χ1n) is 5.95. The molecule has 1 heterocycles. The van der Waals surface area contributed by atoms with Gasteiger partial charge < -0.3 is 4.57 Å². The van der Waals surface area contributed by atoms with Gasteiger partial charge in [0.15, 0.2) is 0 Å². The van der Waals surface area contributed by atoms with Crippen LogP contribution in [0.1, 0.15) is 31.0 Å². The lowest BCUT2D eigenvalue weighted by molar-refractivity contribution is 0.555. The highest BCUT2D eigenvalue weighted by Gasteiger charge is 2.24. The SMILES string of the molecule is CC1C=Cc2c(n(C)c3ccccc23)C1C. The average Bonchev–Trinajstić information content (AvgIpc) is 2.59. The number of nitrogens with zero attached hydrogens (tertiary/aromatic N) is 1. The number of para-hydroxylation sites is 1. The van der Waals surface area contributed by atoms with Crippen molar-refractivity contribution in [2.24, 2.45) is 13.0 Å². The molecule has 1 heteroatoms. The van der Waals surface area contributed by atoms with Gasteiger partial charge in [-0.05, 0) is 12.0 Å². The van der Waals surface area contributed by atoms with Gasteiger partial charge >= 0.3 is 0 Å². The summed E-state index contributed by atoms with van der Waals surface area (Å²) >= 11 is 0. The molecule has 3 rings (SSSR count). The molecule has 1 aliphatic rings. The normalized spacial score (nSPS) is 23.7.